The van der Waals surface area contributed by atoms with Crippen LogP contribution < -0.4 is 4.90 Å². The van der Waals surface area contributed by atoms with Crippen molar-refractivity contribution in [2.45, 2.75) is 12.8 Å². The second kappa shape index (κ2) is 6.66. The predicted molar refractivity (Wildman–Crippen MR) is 88.9 cm³/mol. The van der Waals surface area contributed by atoms with Crippen LogP contribution in [0.2, 0.25) is 0 Å². The third-order valence-electron chi connectivity index (χ3n) is 4.20. The smallest absolute Gasteiger partial charge is 0.308 e. The van der Waals surface area contributed by atoms with E-state index >= 15 is 0 Å². The van der Waals surface area contributed by atoms with E-state index in [1.807, 2.05) is 11.0 Å². The zero-order valence-electron chi connectivity index (χ0n) is 13.0. The molecule has 7 nitrogen and oxygen atoms in total. The van der Waals surface area contributed by atoms with Gasteiger partial charge >= 0.3 is 5.97 Å². The van der Waals surface area contributed by atoms with Crippen molar-refractivity contribution in [1.29, 1.82) is 0 Å². The Morgan fingerprint density at radius 1 is 1.25 bits per heavy atom. The van der Waals surface area contributed by atoms with E-state index in [-0.39, 0.29) is 5.69 Å². The lowest BCUT2D eigenvalue weighted by Crippen LogP contribution is -2.39. The number of nitro groups is 1. The number of pyridine rings is 1. The highest BCUT2D eigenvalue weighted by molar-refractivity contribution is 5.73. The van der Waals surface area contributed by atoms with Crippen molar-refractivity contribution in [1.82, 2.24) is 4.98 Å². The highest BCUT2D eigenvalue weighted by Gasteiger charge is 2.27. The number of carbonyl (C=O) groups is 1. The lowest BCUT2D eigenvalue weighted by atomic mass is 9.98. The summed E-state index contributed by atoms with van der Waals surface area (Å²) in [5, 5.41) is 20.5. The maximum Gasteiger partial charge on any atom is 0.308 e. The summed E-state index contributed by atoms with van der Waals surface area (Å²) in [4.78, 5) is 28.4. The molecule has 0 amide bonds. The van der Waals surface area contributed by atoms with Crippen molar-refractivity contribution in [3.05, 3.63) is 52.6 Å². The van der Waals surface area contributed by atoms with Gasteiger partial charge in [-0.3, -0.25) is 14.9 Å². The number of hydrogen-bond donors (Lipinski definition) is 1. The fourth-order valence-electron chi connectivity index (χ4n) is 2.96. The quantitative estimate of drug-likeness (QED) is 0.685. The van der Waals surface area contributed by atoms with Gasteiger partial charge in [-0.1, -0.05) is 30.3 Å². The third kappa shape index (κ3) is 3.19. The minimum Gasteiger partial charge on any atom is -0.481 e. The van der Waals surface area contributed by atoms with Gasteiger partial charge in [0.15, 0.2) is 5.69 Å². The maximum atomic E-state index is 11.3. The van der Waals surface area contributed by atoms with Crippen molar-refractivity contribution >= 4 is 17.5 Å². The molecule has 0 saturated carbocycles. The summed E-state index contributed by atoms with van der Waals surface area (Å²) in [6, 6.07) is 12.0. The fourth-order valence-corrected chi connectivity index (χ4v) is 2.96. The molecule has 0 aliphatic carbocycles. The van der Waals surface area contributed by atoms with Gasteiger partial charge in [0.25, 0.3) is 5.69 Å². The van der Waals surface area contributed by atoms with Crippen molar-refractivity contribution in [3.63, 3.8) is 0 Å². The van der Waals surface area contributed by atoms with E-state index in [9.17, 15) is 20.0 Å². The Morgan fingerprint density at radius 3 is 2.67 bits per heavy atom. The molecular formula is C17H17N3O4. The van der Waals surface area contributed by atoms with E-state index in [2.05, 4.69) is 4.98 Å². The molecule has 0 bridgehead atoms. The van der Waals surface area contributed by atoms with E-state index in [1.54, 1.807) is 30.3 Å². The molecule has 0 radical (unpaired) electrons. The highest BCUT2D eigenvalue weighted by Crippen LogP contribution is 2.31. The minimum atomic E-state index is -0.815. The highest BCUT2D eigenvalue weighted by atomic mass is 16.6. The molecule has 2 aromatic rings. The van der Waals surface area contributed by atoms with Gasteiger partial charge in [0.05, 0.1) is 10.8 Å². The summed E-state index contributed by atoms with van der Waals surface area (Å²) < 4.78 is 0. The van der Waals surface area contributed by atoms with E-state index in [4.69, 9.17) is 0 Å². The first-order chi connectivity index (χ1) is 11.6. The number of anilines is 1. The molecule has 24 heavy (non-hydrogen) atoms. The molecule has 1 aliphatic heterocycles. The summed E-state index contributed by atoms with van der Waals surface area (Å²) in [6.07, 6.45) is 1.40. The van der Waals surface area contributed by atoms with Crippen molar-refractivity contribution in [2.75, 3.05) is 18.0 Å². The third-order valence-corrected chi connectivity index (χ3v) is 4.20. The first-order valence-electron chi connectivity index (χ1n) is 7.75. The monoisotopic (exact) mass is 327 g/mol. The molecule has 1 fully saturated rings. The van der Waals surface area contributed by atoms with Crippen molar-refractivity contribution < 1.29 is 14.8 Å². The number of piperidine rings is 1. The Morgan fingerprint density at radius 2 is 2.00 bits per heavy atom. The number of benzene rings is 1. The number of hydrogen-bond acceptors (Lipinski definition) is 5. The van der Waals surface area contributed by atoms with Gasteiger partial charge in [-0.2, -0.15) is 0 Å². The van der Waals surface area contributed by atoms with Crippen LogP contribution in [0.25, 0.3) is 11.3 Å². The molecule has 7 heteroatoms. The van der Waals surface area contributed by atoms with E-state index in [0.717, 1.165) is 6.42 Å². The van der Waals surface area contributed by atoms with Gasteiger partial charge in [-0.25, -0.2) is 4.98 Å². The second-order valence-corrected chi connectivity index (χ2v) is 5.78. The van der Waals surface area contributed by atoms with Crippen molar-refractivity contribution in [3.8, 4) is 11.3 Å². The van der Waals surface area contributed by atoms with E-state index in [0.29, 0.717) is 36.6 Å². The summed E-state index contributed by atoms with van der Waals surface area (Å²) in [5.74, 6) is -0.675. The first kappa shape index (κ1) is 15.9. The van der Waals surface area contributed by atoms with Crippen LogP contribution in [0.3, 0.4) is 0 Å². The van der Waals surface area contributed by atoms with Gasteiger partial charge in [-0.05, 0) is 18.9 Å². The zero-order chi connectivity index (χ0) is 17.1. The van der Waals surface area contributed by atoms with Crippen molar-refractivity contribution in [2.24, 2.45) is 5.92 Å². The Hall–Kier alpha value is -2.96. The maximum absolute atomic E-state index is 11.3. The molecule has 1 N–H and O–H groups in total. The Labute approximate surface area is 138 Å². The van der Waals surface area contributed by atoms with Crippen LogP contribution in [-0.2, 0) is 4.79 Å². The van der Waals surface area contributed by atoms with E-state index < -0.39 is 16.8 Å². The van der Waals surface area contributed by atoms with Crippen LogP contribution >= 0.6 is 0 Å². The number of carboxylic acids is 1. The average Bonchev–Trinajstić information content (AvgIpc) is 2.62. The molecule has 0 spiro atoms. The number of aliphatic carboxylic acids is 1. The van der Waals surface area contributed by atoms with Gasteiger partial charge in [0.2, 0.25) is 0 Å². The summed E-state index contributed by atoms with van der Waals surface area (Å²) in [6.45, 7) is 1.07. The van der Waals surface area contributed by atoms with Crippen LogP contribution in [0.15, 0.2) is 42.5 Å². The summed E-state index contributed by atoms with van der Waals surface area (Å²) >= 11 is 0. The largest absolute Gasteiger partial charge is 0.481 e. The summed E-state index contributed by atoms with van der Waals surface area (Å²) in [5.41, 5.74) is 0.908. The van der Waals surface area contributed by atoms with Crippen LogP contribution in [-0.4, -0.2) is 34.1 Å². The zero-order valence-corrected chi connectivity index (χ0v) is 13.0. The van der Waals surface area contributed by atoms with Gasteiger partial charge in [-0.15, -0.1) is 0 Å². The molecule has 2 heterocycles. The van der Waals surface area contributed by atoms with Crippen LogP contribution in [0.1, 0.15) is 12.8 Å². The number of nitrogens with zero attached hydrogens (tertiary/aromatic N) is 3. The second-order valence-electron chi connectivity index (χ2n) is 5.78. The molecule has 3 rings (SSSR count). The number of aromatic nitrogens is 1. The van der Waals surface area contributed by atoms with E-state index in [1.165, 1.54) is 6.07 Å². The Kier molecular flexibility index (Phi) is 4.41. The predicted octanol–water partition coefficient (Wildman–Crippen LogP) is 2.96. The Bertz CT molecular complexity index is 764. The molecule has 1 aromatic carbocycles. The average molecular weight is 327 g/mol. The fraction of sp³-hybridized carbons (Fsp3) is 0.294. The van der Waals surface area contributed by atoms with Crippen LogP contribution in [0, 0.1) is 16.0 Å². The van der Waals surface area contributed by atoms with Gasteiger partial charge in [0, 0.05) is 24.7 Å². The standard InChI is InChI=1S/C17H17N3O4/c21-17(22)13-7-4-10-19(11-13)15-9-8-14(20(23)24)16(18-15)12-5-2-1-3-6-12/h1-3,5-6,8-9,13H,4,7,10-11H2,(H,21,22). The van der Waals surface area contributed by atoms with Gasteiger partial charge in [0.1, 0.15) is 5.82 Å². The molecule has 1 saturated heterocycles. The molecule has 1 aromatic heterocycles. The SMILES string of the molecule is O=C(O)C1CCCN(c2ccc([N+](=O)[O-])c(-c3ccccc3)n2)C1. The minimum absolute atomic E-state index is 0.0586. The lowest BCUT2D eigenvalue weighted by Gasteiger charge is -2.31. The van der Waals surface area contributed by atoms with Gasteiger partial charge < -0.3 is 10.0 Å². The summed E-state index contributed by atoms with van der Waals surface area (Å²) in [7, 11) is 0. The topological polar surface area (TPSA) is 96.6 Å². The molecule has 1 aliphatic rings. The molecule has 1 atom stereocenters. The molecule has 124 valence electrons. The van der Waals surface area contributed by atoms with Crippen LogP contribution in [0.4, 0.5) is 11.5 Å². The first-order valence-corrected chi connectivity index (χ1v) is 7.75. The lowest BCUT2D eigenvalue weighted by molar-refractivity contribution is -0.384. The number of carboxylic acid groups (broad SMARTS) is 1. The van der Waals surface area contributed by atoms with Crippen LogP contribution in [0.5, 0.6) is 0 Å². The normalized spacial score (nSPS) is 17.5. The Balaban J connectivity index is 1.98. The molecular weight excluding hydrogens is 310 g/mol. The molecule has 1 unspecified atom stereocenters. The number of rotatable bonds is 4.